The van der Waals surface area contributed by atoms with E-state index >= 15 is 0 Å². The fourth-order valence-electron chi connectivity index (χ4n) is 2.30. The molecule has 3 rings (SSSR count). The van der Waals surface area contributed by atoms with E-state index in [2.05, 4.69) is 10.1 Å². The third-order valence-electron chi connectivity index (χ3n) is 3.59. The number of rotatable bonds is 4. The van der Waals surface area contributed by atoms with Gasteiger partial charge in [-0.05, 0) is 30.3 Å². The van der Waals surface area contributed by atoms with Gasteiger partial charge in [-0.3, -0.25) is 4.79 Å². The van der Waals surface area contributed by atoms with Gasteiger partial charge >= 0.3 is 0 Å². The topological polar surface area (TPSA) is 65.7 Å². The monoisotopic (exact) mass is 335 g/mol. The molecular weight excluding hydrogens is 318 g/mol. The standard InChI is InChI=1S/C19H17N3O3/c1-24-16-8-9-17(18(12-16)25-2)19(23)21-14-10-11-22(20-13-14)15-6-4-3-5-7-15/h3-13H,1-2H3/b21-14+. The van der Waals surface area contributed by atoms with Crippen molar-refractivity contribution in [1.29, 1.82) is 0 Å². The summed E-state index contributed by atoms with van der Waals surface area (Å²) in [6.07, 6.45) is 3.30. The summed E-state index contributed by atoms with van der Waals surface area (Å²) < 4.78 is 12.1. The van der Waals surface area contributed by atoms with Crippen LogP contribution in [0.2, 0.25) is 0 Å². The predicted molar refractivity (Wildman–Crippen MR) is 93.0 cm³/mol. The minimum atomic E-state index is -0.404. The number of nitrogens with zero attached hydrogens (tertiary/aromatic N) is 3. The molecule has 0 atom stereocenters. The minimum absolute atomic E-state index is 0.364. The Morgan fingerprint density at radius 2 is 1.84 bits per heavy atom. The smallest absolute Gasteiger partial charge is 0.281 e. The van der Waals surface area contributed by atoms with E-state index in [0.717, 1.165) is 5.69 Å². The van der Waals surface area contributed by atoms with Crippen molar-refractivity contribution in [3.8, 4) is 17.2 Å². The highest BCUT2D eigenvalue weighted by Gasteiger charge is 2.12. The SMILES string of the molecule is COc1ccc(C(=O)/N=c2\ccn(-c3ccccc3)nc2)c(OC)c1. The zero-order valence-corrected chi connectivity index (χ0v) is 13.9. The Hall–Kier alpha value is -3.41. The molecule has 2 aromatic carbocycles. The first-order chi connectivity index (χ1) is 12.2. The molecule has 1 amide bonds. The first-order valence-corrected chi connectivity index (χ1v) is 7.63. The van der Waals surface area contributed by atoms with Crippen LogP contribution in [0.3, 0.4) is 0 Å². The Morgan fingerprint density at radius 1 is 1.04 bits per heavy atom. The van der Waals surface area contributed by atoms with Gasteiger partial charge in [0, 0.05) is 12.3 Å². The van der Waals surface area contributed by atoms with E-state index in [1.165, 1.54) is 7.11 Å². The molecule has 0 aliphatic carbocycles. The van der Waals surface area contributed by atoms with Gasteiger partial charge in [0.2, 0.25) is 0 Å². The lowest BCUT2D eigenvalue weighted by atomic mass is 10.2. The number of ether oxygens (including phenoxy) is 2. The Bertz CT molecular complexity index is 929. The fourth-order valence-corrected chi connectivity index (χ4v) is 2.30. The molecule has 1 heterocycles. The quantitative estimate of drug-likeness (QED) is 0.735. The largest absolute Gasteiger partial charge is 0.497 e. The molecule has 0 fully saturated rings. The van der Waals surface area contributed by atoms with Crippen LogP contribution in [0.4, 0.5) is 0 Å². The van der Waals surface area contributed by atoms with Crippen molar-refractivity contribution in [3.63, 3.8) is 0 Å². The summed E-state index contributed by atoms with van der Waals surface area (Å²) in [5, 5.41) is 4.75. The molecule has 0 N–H and O–H groups in total. The summed E-state index contributed by atoms with van der Waals surface area (Å²) in [6.45, 7) is 0. The van der Waals surface area contributed by atoms with Crippen molar-refractivity contribution in [2.24, 2.45) is 4.99 Å². The van der Waals surface area contributed by atoms with Gasteiger partial charge in [-0.25, -0.2) is 9.67 Å². The maximum atomic E-state index is 12.4. The number of benzene rings is 2. The summed E-state index contributed by atoms with van der Waals surface area (Å²) in [4.78, 5) is 16.5. The molecule has 0 bridgehead atoms. The van der Waals surface area contributed by atoms with E-state index in [4.69, 9.17) is 9.47 Å². The average Bonchev–Trinajstić information content (AvgIpc) is 2.68. The van der Waals surface area contributed by atoms with Crippen molar-refractivity contribution in [1.82, 2.24) is 9.78 Å². The zero-order chi connectivity index (χ0) is 17.6. The van der Waals surface area contributed by atoms with Gasteiger partial charge < -0.3 is 9.47 Å². The third kappa shape index (κ3) is 3.74. The second-order valence-corrected chi connectivity index (χ2v) is 5.15. The molecule has 1 aromatic heterocycles. The molecule has 0 radical (unpaired) electrons. The van der Waals surface area contributed by atoms with Gasteiger partial charge in [0.25, 0.3) is 5.91 Å². The Kier molecular flexibility index (Phi) is 4.89. The summed E-state index contributed by atoms with van der Waals surface area (Å²) in [5.74, 6) is 0.619. The Labute approximate surface area is 145 Å². The molecule has 0 spiro atoms. The molecule has 126 valence electrons. The minimum Gasteiger partial charge on any atom is -0.497 e. The molecule has 0 unspecified atom stereocenters. The second-order valence-electron chi connectivity index (χ2n) is 5.15. The van der Waals surface area contributed by atoms with Crippen LogP contribution in [-0.2, 0) is 0 Å². The molecule has 0 aliphatic rings. The number of carbonyl (C=O) groups excluding carboxylic acids is 1. The molecule has 0 aliphatic heterocycles. The maximum absolute atomic E-state index is 12.4. The number of methoxy groups -OCH3 is 2. The van der Waals surface area contributed by atoms with E-state index < -0.39 is 5.91 Å². The molecule has 6 nitrogen and oxygen atoms in total. The van der Waals surface area contributed by atoms with Gasteiger partial charge in [0.15, 0.2) is 0 Å². The first kappa shape index (κ1) is 16.4. The van der Waals surface area contributed by atoms with Crippen LogP contribution in [0.25, 0.3) is 5.69 Å². The number of para-hydroxylation sites is 1. The zero-order valence-electron chi connectivity index (χ0n) is 13.9. The number of hydrogen-bond donors (Lipinski definition) is 0. The summed E-state index contributed by atoms with van der Waals surface area (Å²) in [5.41, 5.74) is 1.29. The summed E-state index contributed by atoms with van der Waals surface area (Å²) >= 11 is 0. The van der Waals surface area contributed by atoms with Crippen molar-refractivity contribution in [3.05, 3.63) is 77.9 Å². The predicted octanol–water partition coefficient (Wildman–Crippen LogP) is 2.63. The third-order valence-corrected chi connectivity index (χ3v) is 3.59. The maximum Gasteiger partial charge on any atom is 0.281 e. The van der Waals surface area contributed by atoms with Gasteiger partial charge in [-0.2, -0.15) is 5.10 Å². The van der Waals surface area contributed by atoms with E-state index in [9.17, 15) is 4.79 Å². The van der Waals surface area contributed by atoms with Crippen LogP contribution in [0.5, 0.6) is 11.5 Å². The number of carbonyl (C=O) groups is 1. The van der Waals surface area contributed by atoms with Crippen LogP contribution in [-0.4, -0.2) is 29.9 Å². The van der Waals surface area contributed by atoms with Crippen LogP contribution >= 0.6 is 0 Å². The van der Waals surface area contributed by atoms with Crippen LogP contribution in [0.15, 0.2) is 72.0 Å². The first-order valence-electron chi connectivity index (χ1n) is 7.63. The van der Waals surface area contributed by atoms with Crippen LogP contribution < -0.4 is 14.8 Å². The van der Waals surface area contributed by atoms with Crippen LogP contribution in [0.1, 0.15) is 10.4 Å². The van der Waals surface area contributed by atoms with Crippen molar-refractivity contribution < 1.29 is 14.3 Å². The lowest BCUT2D eigenvalue weighted by Gasteiger charge is -2.07. The normalized spacial score (nSPS) is 11.2. The number of hydrogen-bond acceptors (Lipinski definition) is 4. The molecule has 3 aromatic rings. The van der Waals surface area contributed by atoms with E-state index in [-0.39, 0.29) is 0 Å². The van der Waals surface area contributed by atoms with Crippen molar-refractivity contribution in [2.75, 3.05) is 14.2 Å². The van der Waals surface area contributed by atoms with Crippen LogP contribution in [0, 0.1) is 0 Å². The second kappa shape index (κ2) is 7.44. The van der Waals surface area contributed by atoms with Gasteiger partial charge in [-0.15, -0.1) is 0 Å². The Balaban J connectivity index is 1.89. The van der Waals surface area contributed by atoms with Crippen molar-refractivity contribution in [2.45, 2.75) is 0 Å². The van der Waals surface area contributed by atoms with Gasteiger partial charge in [0.1, 0.15) is 11.5 Å². The lowest BCUT2D eigenvalue weighted by molar-refractivity contribution is 0.0995. The molecule has 0 saturated carbocycles. The molecule has 0 saturated heterocycles. The number of amides is 1. The molecule has 6 heteroatoms. The summed E-state index contributed by atoms with van der Waals surface area (Å²) in [6, 6.07) is 16.4. The average molecular weight is 335 g/mol. The number of aromatic nitrogens is 2. The Morgan fingerprint density at radius 3 is 2.48 bits per heavy atom. The summed E-state index contributed by atoms with van der Waals surface area (Å²) in [7, 11) is 3.05. The van der Waals surface area contributed by atoms with Gasteiger partial charge in [0.05, 0.1) is 37.0 Å². The molecule has 25 heavy (non-hydrogen) atoms. The highest BCUT2D eigenvalue weighted by atomic mass is 16.5. The lowest BCUT2D eigenvalue weighted by Crippen LogP contribution is -2.11. The van der Waals surface area contributed by atoms with Crippen molar-refractivity contribution >= 4 is 5.91 Å². The van der Waals surface area contributed by atoms with E-state index in [1.807, 2.05) is 30.3 Å². The molecular formula is C19H17N3O3. The highest BCUT2D eigenvalue weighted by molar-refractivity contribution is 5.97. The van der Waals surface area contributed by atoms with E-state index in [1.54, 1.807) is 48.5 Å². The highest BCUT2D eigenvalue weighted by Crippen LogP contribution is 2.24. The van der Waals surface area contributed by atoms with E-state index in [0.29, 0.717) is 22.4 Å². The van der Waals surface area contributed by atoms with Gasteiger partial charge in [-0.1, -0.05) is 18.2 Å². The fraction of sp³-hybridized carbons (Fsp3) is 0.105.